The molecule has 0 spiro atoms. The lowest BCUT2D eigenvalue weighted by molar-refractivity contribution is 0.0929. The van der Waals surface area contributed by atoms with Gasteiger partial charge in [-0.15, -0.1) is 10.2 Å². The average Bonchev–Trinajstić information content (AvgIpc) is 3.68. The van der Waals surface area contributed by atoms with Gasteiger partial charge in [0.05, 0.1) is 32.1 Å². The fraction of sp³-hybridized carbons (Fsp3) is 0.182. The molecule has 0 aliphatic rings. The summed E-state index contributed by atoms with van der Waals surface area (Å²) in [6.07, 6.45) is 8.27. The fourth-order valence-electron chi connectivity index (χ4n) is 5.23. The molecule has 6 rings (SSSR count). The van der Waals surface area contributed by atoms with Crippen LogP contribution in [-0.2, 0) is 19.3 Å². The third-order valence-electron chi connectivity index (χ3n) is 7.37. The number of rotatable bonds is 11. The van der Waals surface area contributed by atoms with E-state index in [0.29, 0.717) is 30.2 Å². The molecule has 0 unspecified atom stereocenters. The number of benzene rings is 3. The minimum atomic E-state index is -0.571. The van der Waals surface area contributed by atoms with E-state index < -0.39 is 6.04 Å². The summed E-state index contributed by atoms with van der Waals surface area (Å²) in [5.74, 6) is 2.19. The van der Waals surface area contributed by atoms with E-state index in [0.717, 1.165) is 34.4 Å². The van der Waals surface area contributed by atoms with Crippen molar-refractivity contribution >= 4 is 16.8 Å². The van der Waals surface area contributed by atoms with Gasteiger partial charge in [0.25, 0.3) is 5.91 Å². The molecule has 10 nitrogen and oxygen atoms in total. The minimum absolute atomic E-state index is 0.212. The molecule has 0 radical (unpaired) electrons. The number of hydrogen-bond donors (Lipinski definition) is 2. The molecular weight excluding hydrogens is 542 g/mol. The topological polar surface area (TPSA) is 120 Å². The molecule has 0 saturated carbocycles. The first-order valence-electron chi connectivity index (χ1n) is 14.0. The van der Waals surface area contributed by atoms with Crippen molar-refractivity contribution in [3.8, 4) is 17.2 Å². The number of H-pyrrole nitrogens is 1. The molecule has 3 aromatic carbocycles. The van der Waals surface area contributed by atoms with E-state index in [1.165, 1.54) is 24.2 Å². The number of aryl methyl sites for hydroxylation is 2. The highest BCUT2D eigenvalue weighted by molar-refractivity contribution is 5.92. The molecule has 2 N–H and O–H groups in total. The predicted octanol–water partition coefficient (Wildman–Crippen LogP) is 5.05. The number of fused-ring (bicyclic) bond motifs is 1. The van der Waals surface area contributed by atoms with Crippen LogP contribution in [0, 0.1) is 0 Å². The van der Waals surface area contributed by atoms with E-state index >= 15 is 0 Å². The zero-order valence-electron chi connectivity index (χ0n) is 23.9. The lowest BCUT2D eigenvalue weighted by atomic mass is 10.0. The van der Waals surface area contributed by atoms with E-state index in [1.807, 2.05) is 65.4 Å². The molecule has 0 fully saturated rings. The second kappa shape index (κ2) is 12.6. The second-order valence-corrected chi connectivity index (χ2v) is 10.0. The second-order valence-electron chi connectivity index (χ2n) is 10.0. The molecule has 10 heteroatoms. The van der Waals surface area contributed by atoms with Gasteiger partial charge in [0.1, 0.15) is 23.0 Å². The lowest BCUT2D eigenvalue weighted by Gasteiger charge is -2.21. The molecule has 3 aromatic heterocycles. The van der Waals surface area contributed by atoms with Crippen LogP contribution < -0.4 is 14.8 Å². The molecule has 0 saturated heterocycles. The van der Waals surface area contributed by atoms with Gasteiger partial charge in [-0.3, -0.25) is 14.3 Å². The van der Waals surface area contributed by atoms with Crippen LogP contribution in [0.4, 0.5) is 0 Å². The van der Waals surface area contributed by atoms with Gasteiger partial charge in [0.2, 0.25) is 0 Å². The van der Waals surface area contributed by atoms with E-state index in [1.54, 1.807) is 14.2 Å². The number of nitrogens with zero attached hydrogens (tertiary/aromatic N) is 5. The molecular formula is C33H31N7O3. The number of ether oxygens (including phenoxy) is 2. The van der Waals surface area contributed by atoms with Gasteiger partial charge in [-0.2, -0.15) is 0 Å². The van der Waals surface area contributed by atoms with Crippen molar-refractivity contribution in [1.29, 1.82) is 0 Å². The third-order valence-corrected chi connectivity index (χ3v) is 7.37. The van der Waals surface area contributed by atoms with Crippen LogP contribution in [0.1, 0.15) is 39.3 Å². The van der Waals surface area contributed by atoms with Crippen LogP contribution in [0.25, 0.3) is 16.6 Å². The van der Waals surface area contributed by atoms with Crippen LogP contribution in [0.15, 0.2) is 97.6 Å². The molecule has 43 heavy (non-hydrogen) atoms. The van der Waals surface area contributed by atoms with Crippen molar-refractivity contribution in [1.82, 2.24) is 35.0 Å². The first-order chi connectivity index (χ1) is 21.1. The summed E-state index contributed by atoms with van der Waals surface area (Å²) in [6, 6.07) is 23.4. The molecule has 1 atom stereocenters. The van der Waals surface area contributed by atoms with Gasteiger partial charge in [-0.1, -0.05) is 48.5 Å². The smallest absolute Gasteiger partial charge is 0.272 e. The number of aromatic nitrogens is 6. The van der Waals surface area contributed by atoms with Gasteiger partial charge in [-0.05, 0) is 35.7 Å². The zero-order valence-corrected chi connectivity index (χ0v) is 23.9. The highest BCUT2D eigenvalue weighted by Crippen LogP contribution is 2.33. The Hall–Kier alpha value is -5.51. The largest absolute Gasteiger partial charge is 0.497 e. The maximum absolute atomic E-state index is 13.5. The maximum atomic E-state index is 13.5. The standard InChI is InChI=1S/C33H31N7O3/c1-42-24-13-14-29(30(19-24)43-2)40-31(15-12-22-8-4-3-5-9-22)38-39-32(40)27(37-33(41)28-21-34-16-17-35-28)18-23-20-36-26-11-7-6-10-25(23)26/h3-11,13-14,16-17,19-21,27,36H,12,15,18H2,1-2H3,(H,37,41)/t27-/m1/s1. The number of para-hydroxylation sites is 1. The Morgan fingerprint density at radius 2 is 1.79 bits per heavy atom. The SMILES string of the molecule is COc1ccc(-n2c(CCc3ccccc3)nnc2[C@@H](Cc2c[nH]c3ccccc23)NC(=O)c2cnccn2)c(OC)c1. The Kier molecular flexibility index (Phi) is 8.08. The quantitative estimate of drug-likeness (QED) is 0.222. The first-order valence-corrected chi connectivity index (χ1v) is 14.0. The van der Waals surface area contributed by atoms with E-state index in [-0.39, 0.29) is 11.6 Å². The van der Waals surface area contributed by atoms with Crippen molar-refractivity contribution in [2.45, 2.75) is 25.3 Å². The van der Waals surface area contributed by atoms with Gasteiger partial charge < -0.3 is 19.8 Å². The number of hydrogen-bond acceptors (Lipinski definition) is 7. The van der Waals surface area contributed by atoms with Gasteiger partial charge in [-0.25, -0.2) is 4.98 Å². The summed E-state index contributed by atoms with van der Waals surface area (Å²) in [5.41, 5.74) is 4.18. The number of carbonyl (C=O) groups excluding carboxylic acids is 1. The minimum Gasteiger partial charge on any atom is -0.497 e. The number of nitrogens with one attached hydrogen (secondary N) is 2. The van der Waals surface area contributed by atoms with Gasteiger partial charge >= 0.3 is 0 Å². The van der Waals surface area contributed by atoms with Crippen LogP contribution in [0.2, 0.25) is 0 Å². The van der Waals surface area contributed by atoms with Crippen molar-refractivity contribution in [2.24, 2.45) is 0 Å². The number of carbonyl (C=O) groups is 1. The zero-order chi connectivity index (χ0) is 29.6. The van der Waals surface area contributed by atoms with Crippen LogP contribution in [-0.4, -0.2) is 49.8 Å². The average molecular weight is 574 g/mol. The Labute approximate surface area is 248 Å². The molecule has 216 valence electrons. The predicted molar refractivity (Wildman–Crippen MR) is 163 cm³/mol. The third kappa shape index (κ3) is 5.94. The van der Waals surface area contributed by atoms with Crippen LogP contribution >= 0.6 is 0 Å². The number of amides is 1. The Morgan fingerprint density at radius 1 is 0.953 bits per heavy atom. The Morgan fingerprint density at radius 3 is 2.58 bits per heavy atom. The highest BCUT2D eigenvalue weighted by Gasteiger charge is 2.27. The molecule has 0 aliphatic carbocycles. The van der Waals surface area contributed by atoms with E-state index in [9.17, 15) is 4.79 Å². The van der Waals surface area contributed by atoms with Crippen LogP contribution in [0.3, 0.4) is 0 Å². The first kappa shape index (κ1) is 27.6. The summed E-state index contributed by atoms with van der Waals surface area (Å²) >= 11 is 0. The molecule has 0 bridgehead atoms. The summed E-state index contributed by atoms with van der Waals surface area (Å²) in [5, 5.41) is 13.6. The summed E-state index contributed by atoms with van der Waals surface area (Å²) < 4.78 is 13.3. The Balaban J connectivity index is 1.46. The van der Waals surface area contributed by atoms with Crippen LogP contribution in [0.5, 0.6) is 11.5 Å². The number of aromatic amines is 1. The molecule has 3 heterocycles. The number of methoxy groups -OCH3 is 2. The lowest BCUT2D eigenvalue weighted by Crippen LogP contribution is -2.32. The highest BCUT2D eigenvalue weighted by atomic mass is 16.5. The van der Waals surface area contributed by atoms with Crippen molar-refractivity contribution in [2.75, 3.05) is 14.2 Å². The van der Waals surface area contributed by atoms with E-state index in [4.69, 9.17) is 14.6 Å². The summed E-state index contributed by atoms with van der Waals surface area (Å²) in [7, 11) is 3.23. The van der Waals surface area contributed by atoms with E-state index in [2.05, 4.69) is 43.6 Å². The Bertz CT molecular complexity index is 1830. The molecule has 6 aromatic rings. The monoisotopic (exact) mass is 573 g/mol. The normalized spacial score (nSPS) is 11.8. The molecule has 1 amide bonds. The van der Waals surface area contributed by atoms with Crippen molar-refractivity contribution in [3.05, 3.63) is 126 Å². The van der Waals surface area contributed by atoms with Crippen molar-refractivity contribution in [3.63, 3.8) is 0 Å². The summed E-state index contributed by atoms with van der Waals surface area (Å²) in [4.78, 5) is 25.1. The molecule has 0 aliphatic heterocycles. The van der Waals surface area contributed by atoms with Gasteiger partial charge in [0.15, 0.2) is 5.82 Å². The van der Waals surface area contributed by atoms with Crippen molar-refractivity contribution < 1.29 is 14.3 Å². The van der Waals surface area contributed by atoms with Gasteiger partial charge in [0, 0.05) is 48.4 Å². The summed E-state index contributed by atoms with van der Waals surface area (Å²) in [6.45, 7) is 0. The maximum Gasteiger partial charge on any atom is 0.272 e. The fourth-order valence-corrected chi connectivity index (χ4v) is 5.23.